The van der Waals surface area contributed by atoms with Crippen LogP contribution in [0, 0.1) is 11.8 Å². The van der Waals surface area contributed by atoms with Crippen molar-refractivity contribution in [2.75, 3.05) is 6.54 Å². The van der Waals surface area contributed by atoms with Crippen molar-refractivity contribution in [1.82, 2.24) is 5.32 Å². The molecule has 0 heterocycles. The molecular formula is C13H26N2O. The Kier molecular flexibility index (Phi) is 4.78. The third-order valence-corrected chi connectivity index (χ3v) is 3.78. The minimum atomic E-state index is -0.0428. The summed E-state index contributed by atoms with van der Waals surface area (Å²) in [5.41, 5.74) is 5.67. The van der Waals surface area contributed by atoms with Gasteiger partial charge in [0.1, 0.15) is 0 Å². The fourth-order valence-corrected chi connectivity index (χ4v) is 2.53. The number of rotatable bonds is 4. The van der Waals surface area contributed by atoms with E-state index in [9.17, 15) is 4.79 Å². The molecule has 1 rings (SSSR count). The fourth-order valence-electron chi connectivity index (χ4n) is 2.53. The molecule has 1 fully saturated rings. The van der Waals surface area contributed by atoms with Gasteiger partial charge in [-0.25, -0.2) is 0 Å². The average Bonchev–Trinajstić information content (AvgIpc) is 2.18. The lowest BCUT2D eigenvalue weighted by Crippen LogP contribution is -2.51. The van der Waals surface area contributed by atoms with Crippen LogP contribution in [0.2, 0.25) is 0 Å². The monoisotopic (exact) mass is 226 g/mol. The summed E-state index contributed by atoms with van der Waals surface area (Å²) in [7, 11) is 0. The summed E-state index contributed by atoms with van der Waals surface area (Å²) in [5.74, 6) is 0.415. The van der Waals surface area contributed by atoms with Gasteiger partial charge in [0.05, 0.1) is 5.92 Å². The molecule has 0 aromatic carbocycles. The normalized spacial score (nSPS) is 21.8. The van der Waals surface area contributed by atoms with E-state index in [1.807, 2.05) is 0 Å². The molecule has 0 aromatic rings. The first-order valence-electron chi connectivity index (χ1n) is 6.50. The summed E-state index contributed by atoms with van der Waals surface area (Å²) in [6.45, 7) is 6.72. The summed E-state index contributed by atoms with van der Waals surface area (Å²) in [4.78, 5) is 12.1. The van der Waals surface area contributed by atoms with Crippen LogP contribution in [0.3, 0.4) is 0 Å². The van der Waals surface area contributed by atoms with Crippen LogP contribution in [0.15, 0.2) is 0 Å². The Hall–Kier alpha value is -0.570. The predicted molar refractivity (Wildman–Crippen MR) is 67.0 cm³/mol. The maximum atomic E-state index is 12.1. The number of hydrogen-bond donors (Lipinski definition) is 2. The second kappa shape index (κ2) is 5.67. The van der Waals surface area contributed by atoms with Crippen LogP contribution in [-0.2, 0) is 4.79 Å². The summed E-state index contributed by atoms with van der Waals surface area (Å²) in [5, 5.41) is 3.21. The van der Waals surface area contributed by atoms with Crippen LogP contribution in [-0.4, -0.2) is 18.0 Å². The minimum absolute atomic E-state index is 0.0116. The second-order valence-corrected chi connectivity index (χ2v) is 5.70. The van der Waals surface area contributed by atoms with Gasteiger partial charge in [0.25, 0.3) is 0 Å². The van der Waals surface area contributed by atoms with E-state index in [1.54, 1.807) is 0 Å². The molecule has 0 aliphatic heterocycles. The number of nitrogens with one attached hydrogen (secondary N) is 1. The molecule has 1 amide bonds. The van der Waals surface area contributed by atoms with Crippen molar-refractivity contribution in [3.05, 3.63) is 0 Å². The number of nitrogens with two attached hydrogens (primary N) is 1. The van der Waals surface area contributed by atoms with Gasteiger partial charge in [0, 0.05) is 12.1 Å². The Morgan fingerprint density at radius 3 is 2.31 bits per heavy atom. The van der Waals surface area contributed by atoms with E-state index in [1.165, 1.54) is 19.3 Å². The second-order valence-electron chi connectivity index (χ2n) is 5.70. The molecule has 16 heavy (non-hydrogen) atoms. The van der Waals surface area contributed by atoms with Gasteiger partial charge in [-0.3, -0.25) is 4.79 Å². The summed E-state index contributed by atoms with van der Waals surface area (Å²) < 4.78 is 0. The Balaban J connectivity index is 2.54. The molecule has 3 N–H and O–H groups in total. The highest BCUT2D eigenvalue weighted by atomic mass is 16.2. The Labute approximate surface area is 99.2 Å². The van der Waals surface area contributed by atoms with E-state index in [2.05, 4.69) is 26.1 Å². The molecule has 0 radical (unpaired) electrons. The third kappa shape index (κ3) is 3.48. The van der Waals surface area contributed by atoms with Gasteiger partial charge in [-0.05, 0) is 25.7 Å². The Morgan fingerprint density at radius 1 is 1.31 bits per heavy atom. The predicted octanol–water partition coefficient (Wildman–Crippen LogP) is 2.06. The van der Waals surface area contributed by atoms with Crippen molar-refractivity contribution in [1.29, 1.82) is 0 Å². The van der Waals surface area contributed by atoms with Crippen LogP contribution >= 0.6 is 0 Å². The molecule has 0 aromatic heterocycles. The molecule has 0 bridgehead atoms. The quantitative estimate of drug-likeness (QED) is 0.771. The van der Waals surface area contributed by atoms with Crippen molar-refractivity contribution in [3.63, 3.8) is 0 Å². The number of carbonyl (C=O) groups is 1. The standard InChI is InChI=1S/C13H26N2O/c1-10(2)11(9-14)12(16)15-13(3)7-5-4-6-8-13/h10-11H,4-9,14H2,1-3H3,(H,15,16). The van der Waals surface area contributed by atoms with Crippen LogP contribution in [0.5, 0.6) is 0 Å². The van der Waals surface area contributed by atoms with Crippen LogP contribution < -0.4 is 11.1 Å². The topological polar surface area (TPSA) is 55.1 Å². The molecule has 3 heteroatoms. The summed E-state index contributed by atoms with van der Waals surface area (Å²) in [6.07, 6.45) is 5.97. The van der Waals surface area contributed by atoms with Crippen LogP contribution in [0.25, 0.3) is 0 Å². The van der Waals surface area contributed by atoms with E-state index in [-0.39, 0.29) is 17.4 Å². The van der Waals surface area contributed by atoms with Gasteiger partial charge in [-0.1, -0.05) is 33.1 Å². The Bertz CT molecular complexity index is 232. The molecule has 1 aliphatic rings. The first-order chi connectivity index (χ1) is 7.48. The summed E-state index contributed by atoms with van der Waals surface area (Å²) in [6, 6.07) is 0. The van der Waals surface area contributed by atoms with Gasteiger partial charge in [0.2, 0.25) is 5.91 Å². The molecule has 1 unspecified atom stereocenters. The zero-order valence-electron chi connectivity index (χ0n) is 10.9. The molecule has 0 spiro atoms. The van der Waals surface area contributed by atoms with E-state index in [4.69, 9.17) is 5.73 Å². The van der Waals surface area contributed by atoms with Gasteiger partial charge in [-0.2, -0.15) is 0 Å². The van der Waals surface area contributed by atoms with Gasteiger partial charge < -0.3 is 11.1 Å². The smallest absolute Gasteiger partial charge is 0.225 e. The fraction of sp³-hybridized carbons (Fsp3) is 0.923. The first-order valence-corrected chi connectivity index (χ1v) is 6.50. The van der Waals surface area contributed by atoms with E-state index in [0.29, 0.717) is 12.5 Å². The molecule has 3 nitrogen and oxygen atoms in total. The van der Waals surface area contributed by atoms with Crippen molar-refractivity contribution in [2.24, 2.45) is 17.6 Å². The lowest BCUT2D eigenvalue weighted by molar-refractivity contribution is -0.128. The SMILES string of the molecule is CC(C)C(CN)C(=O)NC1(C)CCCCC1. The molecule has 1 aliphatic carbocycles. The van der Waals surface area contributed by atoms with Crippen molar-refractivity contribution in [2.45, 2.75) is 58.4 Å². The lowest BCUT2D eigenvalue weighted by atomic mass is 9.82. The molecule has 94 valence electrons. The zero-order chi connectivity index (χ0) is 12.2. The number of hydrogen-bond acceptors (Lipinski definition) is 2. The van der Waals surface area contributed by atoms with Crippen molar-refractivity contribution < 1.29 is 4.79 Å². The molecule has 1 atom stereocenters. The van der Waals surface area contributed by atoms with E-state index < -0.39 is 0 Å². The number of carbonyl (C=O) groups excluding carboxylic acids is 1. The van der Waals surface area contributed by atoms with Gasteiger partial charge in [-0.15, -0.1) is 0 Å². The zero-order valence-corrected chi connectivity index (χ0v) is 10.9. The van der Waals surface area contributed by atoms with Crippen LogP contribution in [0.1, 0.15) is 52.9 Å². The minimum Gasteiger partial charge on any atom is -0.351 e. The van der Waals surface area contributed by atoms with Gasteiger partial charge in [0.15, 0.2) is 0 Å². The van der Waals surface area contributed by atoms with Crippen LogP contribution in [0.4, 0.5) is 0 Å². The lowest BCUT2D eigenvalue weighted by Gasteiger charge is -2.36. The Morgan fingerprint density at radius 2 is 1.88 bits per heavy atom. The highest BCUT2D eigenvalue weighted by Crippen LogP contribution is 2.28. The van der Waals surface area contributed by atoms with Crippen molar-refractivity contribution >= 4 is 5.91 Å². The van der Waals surface area contributed by atoms with E-state index >= 15 is 0 Å². The first kappa shape index (κ1) is 13.5. The maximum Gasteiger partial charge on any atom is 0.225 e. The molecular weight excluding hydrogens is 200 g/mol. The van der Waals surface area contributed by atoms with Gasteiger partial charge >= 0.3 is 0 Å². The average molecular weight is 226 g/mol. The number of amides is 1. The largest absolute Gasteiger partial charge is 0.351 e. The maximum absolute atomic E-state index is 12.1. The third-order valence-electron chi connectivity index (χ3n) is 3.78. The van der Waals surface area contributed by atoms with Crippen molar-refractivity contribution in [3.8, 4) is 0 Å². The summed E-state index contributed by atoms with van der Waals surface area (Å²) >= 11 is 0. The highest BCUT2D eigenvalue weighted by Gasteiger charge is 2.31. The highest BCUT2D eigenvalue weighted by molar-refractivity contribution is 5.79. The molecule has 1 saturated carbocycles. The molecule has 0 saturated heterocycles. The van der Waals surface area contributed by atoms with E-state index in [0.717, 1.165) is 12.8 Å².